The number of hydrogen-bond donors (Lipinski definition) is 3. The molecular formula is C13H13N3O2. The summed E-state index contributed by atoms with van der Waals surface area (Å²) in [6.45, 7) is 0.434. The van der Waals surface area contributed by atoms with E-state index in [4.69, 9.17) is 10.2 Å². The van der Waals surface area contributed by atoms with Crippen molar-refractivity contribution < 1.29 is 4.42 Å². The van der Waals surface area contributed by atoms with Crippen LogP contribution in [0.15, 0.2) is 39.7 Å². The summed E-state index contributed by atoms with van der Waals surface area (Å²) >= 11 is 0. The van der Waals surface area contributed by atoms with Gasteiger partial charge < -0.3 is 10.2 Å². The molecule has 3 aromatic rings. The maximum Gasteiger partial charge on any atom is 0.267 e. The number of aromatic amines is 2. The van der Waals surface area contributed by atoms with Crippen LogP contribution in [-0.2, 0) is 6.42 Å². The van der Waals surface area contributed by atoms with Crippen LogP contribution < -0.4 is 11.3 Å². The minimum atomic E-state index is -0.124. The molecule has 0 saturated carbocycles. The molecule has 3 rings (SSSR count). The number of fused-ring (bicyclic) bond motifs is 1. The number of nitrogens with two attached hydrogens (primary N) is 1. The van der Waals surface area contributed by atoms with Crippen molar-refractivity contribution in [3.05, 3.63) is 46.4 Å². The number of H-pyrrole nitrogens is 2. The number of para-hydroxylation sites is 1. The zero-order valence-electron chi connectivity index (χ0n) is 9.69. The van der Waals surface area contributed by atoms with Crippen molar-refractivity contribution in [2.45, 2.75) is 6.42 Å². The van der Waals surface area contributed by atoms with Crippen LogP contribution in [0, 0.1) is 0 Å². The predicted molar refractivity (Wildman–Crippen MR) is 69.4 cm³/mol. The standard InChI is InChI=1S/C13H13N3O2/c14-6-5-9-12(15-16-13(9)17)10-7-18-11-4-2-1-3-8(10)11/h1-4,7H,5-6,14H2,(H2,15,16,17). The molecule has 2 aromatic heterocycles. The van der Waals surface area contributed by atoms with Gasteiger partial charge in [0, 0.05) is 16.5 Å². The lowest BCUT2D eigenvalue weighted by molar-refractivity contribution is 0.616. The fourth-order valence-electron chi connectivity index (χ4n) is 2.17. The molecule has 0 atom stereocenters. The van der Waals surface area contributed by atoms with Gasteiger partial charge in [-0.3, -0.25) is 15.0 Å². The summed E-state index contributed by atoms with van der Waals surface area (Å²) in [6, 6.07) is 7.71. The smallest absolute Gasteiger partial charge is 0.267 e. The Labute approximate surface area is 103 Å². The largest absolute Gasteiger partial charge is 0.464 e. The van der Waals surface area contributed by atoms with E-state index in [0.29, 0.717) is 18.5 Å². The van der Waals surface area contributed by atoms with Gasteiger partial charge in [-0.15, -0.1) is 0 Å². The average molecular weight is 243 g/mol. The van der Waals surface area contributed by atoms with Gasteiger partial charge in [0.1, 0.15) is 11.8 Å². The number of aromatic nitrogens is 2. The van der Waals surface area contributed by atoms with Crippen molar-refractivity contribution in [1.82, 2.24) is 10.2 Å². The molecule has 92 valence electrons. The molecule has 1 aromatic carbocycles. The van der Waals surface area contributed by atoms with Gasteiger partial charge in [-0.2, -0.15) is 0 Å². The van der Waals surface area contributed by atoms with Crippen molar-refractivity contribution >= 4 is 11.0 Å². The first-order chi connectivity index (χ1) is 8.81. The van der Waals surface area contributed by atoms with Gasteiger partial charge in [0.15, 0.2) is 0 Å². The van der Waals surface area contributed by atoms with E-state index in [1.54, 1.807) is 6.26 Å². The summed E-state index contributed by atoms with van der Waals surface area (Å²) in [4.78, 5) is 11.7. The molecule has 0 aliphatic carbocycles. The maximum absolute atomic E-state index is 11.7. The third-order valence-corrected chi connectivity index (χ3v) is 3.02. The highest BCUT2D eigenvalue weighted by Gasteiger charge is 2.15. The third-order valence-electron chi connectivity index (χ3n) is 3.02. The van der Waals surface area contributed by atoms with Crippen LogP contribution in [-0.4, -0.2) is 16.7 Å². The molecule has 4 N–H and O–H groups in total. The van der Waals surface area contributed by atoms with E-state index in [9.17, 15) is 4.79 Å². The van der Waals surface area contributed by atoms with Crippen molar-refractivity contribution in [2.75, 3.05) is 6.54 Å². The lowest BCUT2D eigenvalue weighted by Gasteiger charge is -1.98. The van der Waals surface area contributed by atoms with Gasteiger partial charge in [-0.05, 0) is 19.0 Å². The number of rotatable bonds is 3. The quantitative estimate of drug-likeness (QED) is 0.653. The van der Waals surface area contributed by atoms with E-state index < -0.39 is 0 Å². The molecular weight excluding hydrogens is 230 g/mol. The summed E-state index contributed by atoms with van der Waals surface area (Å²) in [6.07, 6.45) is 2.19. The molecule has 0 unspecified atom stereocenters. The first kappa shape index (κ1) is 10.9. The van der Waals surface area contributed by atoms with E-state index in [-0.39, 0.29) is 5.56 Å². The normalized spacial score (nSPS) is 11.2. The maximum atomic E-state index is 11.7. The molecule has 5 nitrogen and oxygen atoms in total. The SMILES string of the molecule is NCCc1c(-c2coc3ccccc23)[nH][nH]c1=O. The Hall–Kier alpha value is -2.27. The fraction of sp³-hybridized carbons (Fsp3) is 0.154. The zero-order valence-corrected chi connectivity index (χ0v) is 9.69. The van der Waals surface area contributed by atoms with Crippen molar-refractivity contribution in [3.8, 4) is 11.3 Å². The van der Waals surface area contributed by atoms with E-state index in [2.05, 4.69) is 10.2 Å². The minimum Gasteiger partial charge on any atom is -0.464 e. The topological polar surface area (TPSA) is 87.8 Å². The second-order valence-corrected chi connectivity index (χ2v) is 4.12. The van der Waals surface area contributed by atoms with E-state index in [1.165, 1.54) is 0 Å². The predicted octanol–water partition coefficient (Wildman–Crippen LogP) is 1.62. The van der Waals surface area contributed by atoms with Crippen molar-refractivity contribution in [1.29, 1.82) is 0 Å². The third kappa shape index (κ3) is 1.56. The zero-order chi connectivity index (χ0) is 12.5. The molecule has 0 aliphatic rings. The molecule has 0 amide bonds. The van der Waals surface area contributed by atoms with Crippen LogP contribution in [0.3, 0.4) is 0 Å². The summed E-state index contributed by atoms with van der Waals surface area (Å²) in [5.74, 6) is 0. The molecule has 0 bridgehead atoms. The van der Waals surface area contributed by atoms with Crippen LogP contribution >= 0.6 is 0 Å². The summed E-state index contributed by atoms with van der Waals surface area (Å²) in [5, 5.41) is 6.48. The Kier molecular flexibility index (Phi) is 2.53. The van der Waals surface area contributed by atoms with Gasteiger partial charge in [-0.1, -0.05) is 18.2 Å². The number of furan rings is 1. The Morgan fingerprint density at radius 3 is 2.89 bits per heavy atom. The average Bonchev–Trinajstić information content (AvgIpc) is 2.95. The second kappa shape index (κ2) is 4.19. The number of benzene rings is 1. The van der Waals surface area contributed by atoms with E-state index in [1.807, 2.05) is 24.3 Å². The van der Waals surface area contributed by atoms with Gasteiger partial charge >= 0.3 is 0 Å². The monoisotopic (exact) mass is 243 g/mol. The van der Waals surface area contributed by atoms with Crippen LogP contribution in [0.25, 0.3) is 22.2 Å². The highest BCUT2D eigenvalue weighted by molar-refractivity contribution is 5.93. The van der Waals surface area contributed by atoms with E-state index >= 15 is 0 Å². The van der Waals surface area contributed by atoms with E-state index in [0.717, 1.165) is 22.2 Å². The van der Waals surface area contributed by atoms with Crippen LogP contribution in [0.4, 0.5) is 0 Å². The minimum absolute atomic E-state index is 0.124. The Bertz CT molecular complexity index is 736. The molecule has 0 radical (unpaired) electrons. The summed E-state index contributed by atoms with van der Waals surface area (Å²) in [5.41, 5.74) is 8.52. The first-order valence-electron chi connectivity index (χ1n) is 5.77. The van der Waals surface area contributed by atoms with Crippen LogP contribution in [0.5, 0.6) is 0 Å². The molecule has 0 fully saturated rings. The van der Waals surface area contributed by atoms with Crippen molar-refractivity contribution in [3.63, 3.8) is 0 Å². The number of nitrogens with one attached hydrogen (secondary N) is 2. The Balaban J connectivity index is 2.23. The molecule has 2 heterocycles. The molecule has 0 saturated heterocycles. The molecule has 0 spiro atoms. The Morgan fingerprint density at radius 1 is 1.22 bits per heavy atom. The van der Waals surface area contributed by atoms with Crippen LogP contribution in [0.2, 0.25) is 0 Å². The lowest BCUT2D eigenvalue weighted by atomic mass is 10.1. The summed E-state index contributed by atoms with van der Waals surface area (Å²) in [7, 11) is 0. The van der Waals surface area contributed by atoms with Crippen LogP contribution in [0.1, 0.15) is 5.56 Å². The first-order valence-corrected chi connectivity index (χ1v) is 5.77. The molecule has 0 aliphatic heterocycles. The second-order valence-electron chi connectivity index (χ2n) is 4.12. The molecule has 5 heteroatoms. The highest BCUT2D eigenvalue weighted by atomic mass is 16.3. The Morgan fingerprint density at radius 2 is 2.06 bits per heavy atom. The van der Waals surface area contributed by atoms with Gasteiger partial charge in [0.25, 0.3) is 5.56 Å². The number of hydrogen-bond acceptors (Lipinski definition) is 3. The fourth-order valence-corrected chi connectivity index (χ4v) is 2.17. The van der Waals surface area contributed by atoms with Gasteiger partial charge in [0.05, 0.1) is 5.69 Å². The van der Waals surface area contributed by atoms with Gasteiger partial charge in [-0.25, -0.2) is 0 Å². The lowest BCUT2D eigenvalue weighted by Crippen LogP contribution is -2.12. The summed E-state index contributed by atoms with van der Waals surface area (Å²) < 4.78 is 5.48. The highest BCUT2D eigenvalue weighted by Crippen LogP contribution is 2.30. The van der Waals surface area contributed by atoms with Crippen molar-refractivity contribution in [2.24, 2.45) is 5.73 Å². The molecule has 18 heavy (non-hydrogen) atoms. The van der Waals surface area contributed by atoms with Gasteiger partial charge in [0.2, 0.25) is 0 Å².